The predicted octanol–water partition coefficient (Wildman–Crippen LogP) is 2.62. The van der Waals surface area contributed by atoms with E-state index in [0.717, 1.165) is 36.6 Å². The topological polar surface area (TPSA) is 59.0 Å². The number of carbonyl (C=O) groups excluding carboxylic acids is 1. The number of amides is 1. The molecule has 0 aliphatic carbocycles. The number of aryl methyl sites for hydroxylation is 1. The van der Waals surface area contributed by atoms with Crippen LogP contribution >= 0.6 is 0 Å². The Balaban J connectivity index is 1.81. The van der Waals surface area contributed by atoms with Crippen molar-refractivity contribution in [2.45, 2.75) is 39.2 Å². The Hall–Kier alpha value is -2.14. The fraction of sp³-hybridized carbons (Fsp3) is 0.444. The molecule has 0 bridgehead atoms. The highest BCUT2D eigenvalue weighted by atomic mass is 16.1. The maximum absolute atomic E-state index is 12.5. The summed E-state index contributed by atoms with van der Waals surface area (Å²) in [5.41, 5.74) is 4.14. The van der Waals surface area contributed by atoms with Gasteiger partial charge >= 0.3 is 0 Å². The molecule has 122 valence electrons. The van der Waals surface area contributed by atoms with Crippen LogP contribution in [-0.2, 0) is 25.4 Å². The number of aromatic nitrogens is 2. The lowest BCUT2D eigenvalue weighted by atomic mass is 9.87. The number of nitrogens with zero attached hydrogens (tertiary/aromatic N) is 2. The van der Waals surface area contributed by atoms with Crippen molar-refractivity contribution in [3.8, 4) is 0 Å². The molecule has 2 heterocycles. The fourth-order valence-electron chi connectivity index (χ4n) is 2.89. The summed E-state index contributed by atoms with van der Waals surface area (Å²) in [7, 11) is 1.87. The van der Waals surface area contributed by atoms with E-state index in [2.05, 4.69) is 36.5 Å². The van der Waals surface area contributed by atoms with Crippen LogP contribution in [0.15, 0.2) is 24.3 Å². The third-order valence-electron chi connectivity index (χ3n) is 4.31. The molecule has 1 aliphatic heterocycles. The highest BCUT2D eigenvalue weighted by Gasteiger charge is 2.21. The van der Waals surface area contributed by atoms with Crippen molar-refractivity contribution in [1.82, 2.24) is 15.1 Å². The fourth-order valence-corrected chi connectivity index (χ4v) is 2.89. The smallest absolute Gasteiger partial charge is 0.256 e. The van der Waals surface area contributed by atoms with Crippen LogP contribution in [0.25, 0.3) is 0 Å². The quantitative estimate of drug-likeness (QED) is 0.896. The van der Waals surface area contributed by atoms with Gasteiger partial charge in [-0.15, -0.1) is 0 Å². The summed E-state index contributed by atoms with van der Waals surface area (Å²) in [6.07, 6.45) is 0.902. The monoisotopic (exact) mass is 312 g/mol. The average Bonchev–Trinajstić information content (AvgIpc) is 2.82. The van der Waals surface area contributed by atoms with Crippen molar-refractivity contribution in [2.24, 2.45) is 7.05 Å². The molecule has 0 saturated heterocycles. The van der Waals surface area contributed by atoms with Crippen molar-refractivity contribution < 1.29 is 4.79 Å². The first-order chi connectivity index (χ1) is 10.9. The molecule has 0 atom stereocenters. The molecule has 1 aliphatic rings. The first-order valence-electron chi connectivity index (χ1n) is 8.03. The second kappa shape index (κ2) is 5.81. The van der Waals surface area contributed by atoms with Crippen molar-refractivity contribution in [3.63, 3.8) is 0 Å². The number of nitrogens with one attached hydrogen (secondary N) is 2. The second-order valence-electron chi connectivity index (χ2n) is 7.11. The molecule has 0 saturated carbocycles. The zero-order chi connectivity index (χ0) is 16.6. The molecule has 3 rings (SSSR count). The second-order valence-corrected chi connectivity index (χ2v) is 7.11. The molecule has 0 unspecified atom stereocenters. The van der Waals surface area contributed by atoms with Gasteiger partial charge in [0.1, 0.15) is 5.82 Å². The molecule has 2 N–H and O–H groups in total. The largest absolute Gasteiger partial charge is 0.312 e. The molecule has 23 heavy (non-hydrogen) atoms. The summed E-state index contributed by atoms with van der Waals surface area (Å²) in [5.74, 6) is 0.693. The molecule has 1 aromatic carbocycles. The van der Waals surface area contributed by atoms with E-state index in [0.29, 0.717) is 5.56 Å². The molecule has 1 aromatic heterocycles. The van der Waals surface area contributed by atoms with Crippen LogP contribution in [0.2, 0.25) is 0 Å². The summed E-state index contributed by atoms with van der Waals surface area (Å²) in [4.78, 5) is 12.5. The maximum atomic E-state index is 12.5. The zero-order valence-corrected chi connectivity index (χ0v) is 14.2. The Morgan fingerprint density at radius 2 is 1.96 bits per heavy atom. The van der Waals surface area contributed by atoms with E-state index in [4.69, 9.17) is 0 Å². The molecular formula is C18H24N4O. The lowest BCUT2D eigenvalue weighted by molar-refractivity contribution is 0.102. The number of hydrogen-bond acceptors (Lipinski definition) is 3. The number of rotatable bonds is 2. The molecule has 5 heteroatoms. The van der Waals surface area contributed by atoms with Gasteiger partial charge in [-0.3, -0.25) is 9.48 Å². The minimum absolute atomic E-state index is 0.0851. The first-order valence-corrected chi connectivity index (χ1v) is 8.03. The van der Waals surface area contributed by atoms with Gasteiger partial charge in [-0.1, -0.05) is 32.9 Å². The molecule has 1 amide bonds. The summed E-state index contributed by atoms with van der Waals surface area (Å²) >= 11 is 0. The van der Waals surface area contributed by atoms with E-state index in [1.807, 2.05) is 31.3 Å². The van der Waals surface area contributed by atoms with Crippen LogP contribution in [0.3, 0.4) is 0 Å². The highest BCUT2D eigenvalue weighted by Crippen LogP contribution is 2.24. The van der Waals surface area contributed by atoms with Gasteiger partial charge in [0.15, 0.2) is 0 Å². The lowest BCUT2D eigenvalue weighted by Crippen LogP contribution is -2.24. The van der Waals surface area contributed by atoms with E-state index in [-0.39, 0.29) is 11.3 Å². The van der Waals surface area contributed by atoms with E-state index >= 15 is 0 Å². The summed E-state index contributed by atoms with van der Waals surface area (Å²) in [6, 6.07) is 7.82. The van der Waals surface area contributed by atoms with Crippen LogP contribution in [0.1, 0.15) is 48.0 Å². The van der Waals surface area contributed by atoms with Crippen LogP contribution < -0.4 is 10.6 Å². The van der Waals surface area contributed by atoms with Crippen LogP contribution in [0.5, 0.6) is 0 Å². The van der Waals surface area contributed by atoms with Gasteiger partial charge in [0.2, 0.25) is 0 Å². The Morgan fingerprint density at radius 3 is 2.61 bits per heavy atom. The van der Waals surface area contributed by atoms with Crippen LogP contribution in [0.4, 0.5) is 5.82 Å². The molecule has 5 nitrogen and oxygen atoms in total. The summed E-state index contributed by atoms with van der Waals surface area (Å²) < 4.78 is 1.76. The van der Waals surface area contributed by atoms with Gasteiger partial charge in [-0.25, -0.2) is 0 Å². The van der Waals surface area contributed by atoms with Crippen LogP contribution in [-0.4, -0.2) is 22.2 Å². The standard InChI is InChI=1S/C18H24N4O/c1-18(2,3)13-7-5-12(6-8-13)17(23)20-16-14-11-19-10-9-15(14)21-22(16)4/h5-8,19H,9-11H2,1-4H3,(H,20,23). The summed E-state index contributed by atoms with van der Waals surface area (Å²) in [5, 5.41) is 10.8. The van der Waals surface area contributed by atoms with E-state index in [1.165, 1.54) is 5.56 Å². The van der Waals surface area contributed by atoms with E-state index < -0.39 is 0 Å². The number of carbonyl (C=O) groups is 1. The minimum Gasteiger partial charge on any atom is -0.312 e. The molecule has 0 radical (unpaired) electrons. The Kier molecular flexibility index (Phi) is 3.98. The van der Waals surface area contributed by atoms with Gasteiger partial charge in [-0.05, 0) is 23.1 Å². The maximum Gasteiger partial charge on any atom is 0.256 e. The SMILES string of the molecule is Cn1nc2c(c1NC(=O)c1ccc(C(C)(C)C)cc1)CNCC2. The minimum atomic E-state index is -0.0955. The predicted molar refractivity (Wildman–Crippen MR) is 91.7 cm³/mol. The Bertz CT molecular complexity index is 723. The molecular weight excluding hydrogens is 288 g/mol. The van der Waals surface area contributed by atoms with E-state index in [1.54, 1.807) is 4.68 Å². The first kappa shape index (κ1) is 15.7. The number of hydrogen-bond donors (Lipinski definition) is 2. The Labute approximate surface area is 137 Å². The molecule has 0 fully saturated rings. The number of fused-ring (bicyclic) bond motifs is 1. The normalized spacial score (nSPS) is 14.4. The summed E-state index contributed by atoms with van der Waals surface area (Å²) in [6.45, 7) is 8.18. The van der Waals surface area contributed by atoms with Crippen molar-refractivity contribution in [3.05, 3.63) is 46.6 Å². The van der Waals surface area contributed by atoms with Gasteiger partial charge in [0.25, 0.3) is 5.91 Å². The zero-order valence-electron chi connectivity index (χ0n) is 14.2. The third kappa shape index (κ3) is 3.15. The van der Waals surface area contributed by atoms with Gasteiger partial charge in [0.05, 0.1) is 5.69 Å². The third-order valence-corrected chi connectivity index (χ3v) is 4.31. The van der Waals surface area contributed by atoms with Crippen molar-refractivity contribution in [1.29, 1.82) is 0 Å². The van der Waals surface area contributed by atoms with Crippen LogP contribution in [0, 0.1) is 0 Å². The highest BCUT2D eigenvalue weighted by molar-refractivity contribution is 6.04. The van der Waals surface area contributed by atoms with E-state index in [9.17, 15) is 4.79 Å². The van der Waals surface area contributed by atoms with Crippen molar-refractivity contribution >= 4 is 11.7 Å². The van der Waals surface area contributed by atoms with Gasteiger partial charge in [0, 0.05) is 37.7 Å². The van der Waals surface area contributed by atoms with Gasteiger partial charge in [-0.2, -0.15) is 5.10 Å². The Morgan fingerprint density at radius 1 is 1.26 bits per heavy atom. The molecule has 0 spiro atoms. The van der Waals surface area contributed by atoms with Gasteiger partial charge < -0.3 is 10.6 Å². The number of benzene rings is 1. The average molecular weight is 312 g/mol. The lowest BCUT2D eigenvalue weighted by Gasteiger charge is -2.19. The van der Waals surface area contributed by atoms with Crippen molar-refractivity contribution in [2.75, 3.05) is 11.9 Å². The molecule has 2 aromatic rings. The number of anilines is 1.